The maximum Gasteiger partial charge on any atom is 0.472 e. The number of carbonyl (C=O) groups excluding carboxylic acids is 4. The van der Waals surface area contributed by atoms with Gasteiger partial charge in [0, 0.05) is 25.7 Å². The number of unbranched alkanes of at least 4 members (excludes halogenated alkanes) is 18. The molecule has 0 rings (SSSR count). The summed E-state index contributed by atoms with van der Waals surface area (Å²) in [6.45, 7) is 4.36. The molecule has 0 saturated carbocycles. The predicted octanol–water partition coefficient (Wildman–Crippen LogP) is 24.9. The lowest BCUT2D eigenvalue weighted by atomic mass is 10.0. The number of rotatable bonds is 76. The van der Waals surface area contributed by atoms with Gasteiger partial charge in [0.25, 0.3) is 0 Å². The Morgan fingerprint density at radius 2 is 0.491 bits per heavy atom. The lowest BCUT2D eigenvalue weighted by Crippen LogP contribution is -2.30. The van der Waals surface area contributed by atoms with Crippen LogP contribution in [0.5, 0.6) is 0 Å². The highest BCUT2D eigenvalue weighted by Crippen LogP contribution is 2.45. The van der Waals surface area contributed by atoms with E-state index in [-0.39, 0.29) is 25.7 Å². The highest BCUT2D eigenvalue weighted by atomic mass is 31.2. The predicted molar refractivity (Wildman–Crippen MR) is 454 cm³/mol. The first kappa shape index (κ1) is 104. The average Bonchev–Trinajstić information content (AvgIpc) is 0.908. The van der Waals surface area contributed by atoms with E-state index in [1.54, 1.807) is 0 Å². The van der Waals surface area contributed by atoms with E-state index in [1.165, 1.54) is 51.4 Å². The van der Waals surface area contributed by atoms with Crippen molar-refractivity contribution < 1.29 is 80.2 Å². The van der Waals surface area contributed by atoms with Crippen molar-refractivity contribution in [3.63, 3.8) is 0 Å². The summed E-state index contributed by atoms with van der Waals surface area (Å²) in [6.07, 6.45) is 99.9. The van der Waals surface area contributed by atoms with Crippen LogP contribution in [0.1, 0.15) is 297 Å². The summed E-state index contributed by atoms with van der Waals surface area (Å²) in [4.78, 5) is 73.2. The second-order valence-electron chi connectivity index (χ2n) is 26.9. The number of allylic oxidation sites excluding steroid dienone is 32. The fourth-order valence-corrected chi connectivity index (χ4v) is 11.9. The van der Waals surface area contributed by atoms with Crippen LogP contribution < -0.4 is 0 Å². The zero-order chi connectivity index (χ0) is 80.3. The Hall–Kier alpha value is -6.10. The molecule has 3 N–H and O–H groups in total. The molecule has 622 valence electrons. The van der Waals surface area contributed by atoms with Gasteiger partial charge in [0.15, 0.2) is 12.2 Å². The summed E-state index contributed by atoms with van der Waals surface area (Å²) in [7, 11) is -10.0. The molecule has 110 heavy (non-hydrogen) atoms. The van der Waals surface area contributed by atoms with Gasteiger partial charge in [0.2, 0.25) is 0 Å². The van der Waals surface area contributed by atoms with E-state index >= 15 is 0 Å². The van der Waals surface area contributed by atoms with Gasteiger partial charge in [-0.3, -0.25) is 37.3 Å². The van der Waals surface area contributed by atoms with Crippen molar-refractivity contribution in [3.05, 3.63) is 194 Å². The van der Waals surface area contributed by atoms with Crippen molar-refractivity contribution in [1.82, 2.24) is 0 Å². The number of aliphatic hydroxyl groups is 1. The lowest BCUT2D eigenvalue weighted by molar-refractivity contribution is -0.161. The molecule has 2 unspecified atom stereocenters. The lowest BCUT2D eigenvalue weighted by Gasteiger charge is -2.21. The maximum absolute atomic E-state index is 13.1. The molecule has 0 fully saturated rings. The van der Waals surface area contributed by atoms with Crippen LogP contribution in [-0.4, -0.2) is 96.7 Å². The molecule has 19 heteroatoms. The van der Waals surface area contributed by atoms with Gasteiger partial charge in [0.05, 0.1) is 26.4 Å². The van der Waals surface area contributed by atoms with Gasteiger partial charge in [-0.1, -0.05) is 312 Å². The van der Waals surface area contributed by atoms with Crippen molar-refractivity contribution in [1.29, 1.82) is 0 Å². The van der Waals surface area contributed by atoms with E-state index < -0.39 is 97.5 Å². The number of aliphatic hydroxyl groups excluding tert-OH is 1. The fourth-order valence-electron chi connectivity index (χ4n) is 10.4. The Labute approximate surface area is 666 Å². The van der Waals surface area contributed by atoms with E-state index in [1.807, 2.05) is 18.2 Å². The van der Waals surface area contributed by atoms with Gasteiger partial charge < -0.3 is 33.8 Å². The molecular weight excluding hydrogens is 1430 g/mol. The second-order valence-corrected chi connectivity index (χ2v) is 29.8. The Morgan fingerprint density at radius 3 is 0.782 bits per heavy atom. The van der Waals surface area contributed by atoms with Crippen LogP contribution >= 0.6 is 15.6 Å². The molecule has 0 aromatic carbocycles. The first-order chi connectivity index (χ1) is 53.7. The third kappa shape index (κ3) is 80.0. The minimum Gasteiger partial charge on any atom is -0.462 e. The van der Waals surface area contributed by atoms with Gasteiger partial charge in [0.1, 0.15) is 19.3 Å². The topological polar surface area (TPSA) is 237 Å². The molecule has 0 spiro atoms. The second kappa shape index (κ2) is 80.9. The third-order valence-corrected chi connectivity index (χ3v) is 18.5. The number of carbonyl (C=O) groups is 4. The standard InChI is InChI=1S/C91H146O17P2/c1-5-9-13-17-21-25-29-33-36-39-42-45-48-52-56-60-64-68-72-76-89(94)102-82-87(108-91(96)78-74-70-66-62-58-54-50-47-44-41-38-35-31-27-23-19-15-11-7-3)84-106-110(99,100)104-80-85(92)79-103-109(97,98)105-83-86(81-101-88(93)75-71-67-63-59-55-51-32-28-24-20-16-12-8-4)107-90(95)77-73-69-65-61-57-53-49-46-43-40-37-34-30-26-22-18-14-10-6-2/h9-11,13-15,21-23,25-27,33-38,42-47,52-54,56-58,65,69,85-87,92H,5-8,12,16-20,24,28-32,39-41,48-51,55,59-64,66-68,70-84H2,1-4H3,(H,97,98)(H,99,100)/b13-9-,14-10-,15-11-,25-21-,26-22-,27-23-,36-33-,37-34-,38-35-,45-42-,46-43-,47-44-,56-52-,57-53-,58-54-,69-65-/t85-,86+,87+/m0/s1. The van der Waals surface area contributed by atoms with Crippen LogP contribution in [-0.2, 0) is 65.4 Å². The van der Waals surface area contributed by atoms with Crippen LogP contribution in [0, 0.1) is 0 Å². The van der Waals surface area contributed by atoms with Gasteiger partial charge >= 0.3 is 39.5 Å². The monoisotopic (exact) mass is 1570 g/mol. The van der Waals surface area contributed by atoms with Crippen LogP contribution in [0.25, 0.3) is 0 Å². The molecule has 0 aliphatic heterocycles. The molecule has 0 bridgehead atoms. The summed E-state index contributed by atoms with van der Waals surface area (Å²) in [5, 5.41) is 10.7. The summed E-state index contributed by atoms with van der Waals surface area (Å²) >= 11 is 0. The minimum atomic E-state index is -5.01. The van der Waals surface area contributed by atoms with Crippen LogP contribution in [0.3, 0.4) is 0 Å². The SMILES string of the molecule is CC/C=C\C/C=C\C/C=C\C/C=C\C/C=C\C/C=C\CCC(=O)O[C@H](COC(=O)CCCCCCCCCCCCCCC)COP(=O)(O)OC[C@H](O)COP(=O)(O)OC[C@@H](COC(=O)CCCCC/C=C\C/C=C\C/C=C\C/C=C\C/C=C\CC)OC(=O)CCCCC/C=C\C/C=C\C/C=C\C/C=C\C/C=C\CC. The van der Waals surface area contributed by atoms with Gasteiger partial charge in [-0.05, 0) is 154 Å². The average molecular weight is 1570 g/mol. The van der Waals surface area contributed by atoms with Crippen molar-refractivity contribution >= 4 is 39.5 Å². The quantitative estimate of drug-likeness (QED) is 0.0169. The van der Waals surface area contributed by atoms with Gasteiger partial charge in [-0.15, -0.1) is 0 Å². The number of esters is 4. The minimum absolute atomic E-state index is 0.0367. The zero-order valence-corrected chi connectivity index (χ0v) is 69.9. The molecule has 0 saturated heterocycles. The van der Waals surface area contributed by atoms with E-state index in [9.17, 15) is 43.2 Å². The molecule has 0 aromatic rings. The Bertz CT molecular complexity index is 2850. The normalized spacial score (nSPS) is 14.8. The van der Waals surface area contributed by atoms with Gasteiger partial charge in [-0.2, -0.15) is 0 Å². The van der Waals surface area contributed by atoms with Crippen molar-refractivity contribution in [2.75, 3.05) is 39.6 Å². The van der Waals surface area contributed by atoms with E-state index in [0.717, 1.165) is 161 Å². The van der Waals surface area contributed by atoms with Crippen molar-refractivity contribution in [3.8, 4) is 0 Å². The smallest absolute Gasteiger partial charge is 0.462 e. The molecule has 0 amide bonds. The fraction of sp³-hybridized carbons (Fsp3) is 0.604. The highest BCUT2D eigenvalue weighted by Gasteiger charge is 2.30. The number of ether oxygens (including phenoxy) is 4. The first-order valence-corrected chi connectivity index (χ1v) is 44.7. The Kier molecular flexibility index (Phi) is 76.4. The van der Waals surface area contributed by atoms with E-state index in [4.69, 9.17) is 37.0 Å². The molecule has 0 aliphatic carbocycles. The highest BCUT2D eigenvalue weighted by molar-refractivity contribution is 7.47. The van der Waals surface area contributed by atoms with Crippen LogP contribution in [0.2, 0.25) is 0 Å². The largest absolute Gasteiger partial charge is 0.472 e. The molecule has 0 radical (unpaired) electrons. The third-order valence-electron chi connectivity index (χ3n) is 16.6. The Morgan fingerprint density at radius 1 is 0.264 bits per heavy atom. The zero-order valence-electron chi connectivity index (χ0n) is 68.1. The summed E-state index contributed by atoms with van der Waals surface area (Å²) < 4.78 is 68.6. The van der Waals surface area contributed by atoms with Crippen molar-refractivity contribution in [2.24, 2.45) is 0 Å². The summed E-state index contributed by atoms with van der Waals surface area (Å²) in [6, 6.07) is 0. The van der Waals surface area contributed by atoms with Crippen LogP contribution in [0.4, 0.5) is 0 Å². The van der Waals surface area contributed by atoms with E-state index in [0.29, 0.717) is 32.1 Å². The number of hydrogen-bond acceptors (Lipinski definition) is 15. The Balaban J connectivity index is 5.53. The molecule has 0 aliphatic rings. The van der Waals surface area contributed by atoms with Crippen molar-refractivity contribution in [2.45, 2.75) is 316 Å². The molecule has 0 heterocycles. The molecule has 0 aromatic heterocycles. The molecular formula is C91H146O17P2. The molecule has 17 nitrogen and oxygen atoms in total. The summed E-state index contributed by atoms with van der Waals surface area (Å²) in [5.41, 5.74) is 0. The van der Waals surface area contributed by atoms with Crippen LogP contribution in [0.15, 0.2) is 194 Å². The van der Waals surface area contributed by atoms with E-state index in [2.05, 4.69) is 204 Å². The number of phosphoric ester groups is 2. The summed E-state index contributed by atoms with van der Waals surface area (Å²) in [5.74, 6) is -2.36. The maximum atomic E-state index is 13.1. The first-order valence-electron chi connectivity index (χ1n) is 41.7. The molecule has 5 atom stereocenters. The van der Waals surface area contributed by atoms with Gasteiger partial charge in [-0.25, -0.2) is 9.13 Å². The number of hydrogen-bond donors (Lipinski definition) is 3. The number of phosphoric acid groups is 2.